The number of rotatable bonds is 6. The summed E-state index contributed by atoms with van der Waals surface area (Å²) >= 11 is 6.41. The Morgan fingerprint density at radius 2 is 2.02 bits per heavy atom. The number of benzene rings is 2. The molecule has 2 aromatic carbocycles. The summed E-state index contributed by atoms with van der Waals surface area (Å²) in [5.74, 6) is 1.83. The number of carbonyl (C=O) groups is 1. The normalized spacial score (nSPS) is 30.4. The van der Waals surface area contributed by atoms with Crippen LogP contribution < -0.4 is 9.64 Å². The molecule has 0 radical (unpaired) electrons. The zero-order valence-electron chi connectivity index (χ0n) is 23.7. The molecule has 0 unspecified atom stereocenters. The van der Waals surface area contributed by atoms with Gasteiger partial charge in [-0.1, -0.05) is 24.1 Å². The van der Waals surface area contributed by atoms with E-state index in [1.54, 1.807) is 6.07 Å². The third-order valence-corrected chi connectivity index (χ3v) is 10.5. The SMILES string of the molecule is COC(=O)c1ccc2c(c1)N(C[C@@H]1CC[C@H]1[C@@H](OC)[C@H]1CCC[C@H](O)C1)C[C@@]1(CCCc3cc(Cl)ccc31)CO2. The molecule has 40 heavy (non-hydrogen) atoms. The standard InChI is InChI=1S/C33H42ClNO5/c1-38-31(22-5-3-7-26(36)16-22)27-11-8-24(27)18-35-19-33(14-4-6-21-15-25(34)10-12-28(21)33)20-40-30-13-9-23(17-29(30)35)32(37)39-2/h9-10,12-13,15,17,22,24,26-27,31,36H,3-8,11,14,16,18-20H2,1-2H3/t22-,24-,26-,27+,31-,33-/m0/s1. The van der Waals surface area contributed by atoms with E-state index in [4.69, 9.17) is 25.8 Å². The van der Waals surface area contributed by atoms with Crippen molar-refractivity contribution in [2.24, 2.45) is 17.8 Å². The monoisotopic (exact) mass is 567 g/mol. The molecule has 6 rings (SSSR count). The number of nitrogens with zero attached hydrogens (tertiary/aromatic N) is 1. The van der Waals surface area contributed by atoms with E-state index in [9.17, 15) is 9.90 Å². The van der Waals surface area contributed by atoms with Crippen LogP contribution in [0, 0.1) is 17.8 Å². The largest absolute Gasteiger partial charge is 0.490 e. The molecule has 7 heteroatoms. The van der Waals surface area contributed by atoms with Crippen molar-refractivity contribution in [3.63, 3.8) is 0 Å². The summed E-state index contributed by atoms with van der Waals surface area (Å²) in [6.07, 6.45) is 9.39. The van der Waals surface area contributed by atoms with E-state index >= 15 is 0 Å². The van der Waals surface area contributed by atoms with Gasteiger partial charge in [-0.15, -0.1) is 0 Å². The van der Waals surface area contributed by atoms with Gasteiger partial charge in [0.05, 0.1) is 37.2 Å². The van der Waals surface area contributed by atoms with Crippen LogP contribution in [0.25, 0.3) is 0 Å². The zero-order chi connectivity index (χ0) is 27.9. The van der Waals surface area contributed by atoms with Crippen LogP contribution in [0.4, 0.5) is 5.69 Å². The van der Waals surface area contributed by atoms with Gasteiger partial charge in [0.1, 0.15) is 5.75 Å². The Bertz CT molecular complexity index is 1240. The summed E-state index contributed by atoms with van der Waals surface area (Å²) in [6.45, 7) is 2.30. The van der Waals surface area contributed by atoms with Gasteiger partial charge in [0.15, 0.2) is 0 Å². The third kappa shape index (κ3) is 5.23. The predicted octanol–water partition coefficient (Wildman–Crippen LogP) is 6.19. The highest BCUT2D eigenvalue weighted by Gasteiger charge is 2.46. The summed E-state index contributed by atoms with van der Waals surface area (Å²) < 4.78 is 17.8. The van der Waals surface area contributed by atoms with Gasteiger partial charge in [0.2, 0.25) is 0 Å². The predicted molar refractivity (Wildman–Crippen MR) is 157 cm³/mol. The fourth-order valence-electron chi connectivity index (χ4n) is 8.11. The van der Waals surface area contributed by atoms with Crippen LogP contribution in [0.1, 0.15) is 72.9 Å². The van der Waals surface area contributed by atoms with Gasteiger partial charge >= 0.3 is 5.97 Å². The van der Waals surface area contributed by atoms with Crippen molar-refractivity contribution in [2.45, 2.75) is 75.4 Å². The Morgan fingerprint density at radius 1 is 1.15 bits per heavy atom. The van der Waals surface area contributed by atoms with Crippen LogP contribution in [-0.4, -0.2) is 57.2 Å². The van der Waals surface area contributed by atoms with Crippen molar-refractivity contribution < 1.29 is 24.1 Å². The first-order chi connectivity index (χ1) is 19.4. The molecule has 0 amide bonds. The van der Waals surface area contributed by atoms with Crippen LogP contribution in [0.15, 0.2) is 36.4 Å². The van der Waals surface area contributed by atoms with E-state index in [1.807, 2.05) is 25.3 Å². The molecule has 4 aliphatic rings. The topological polar surface area (TPSA) is 68.2 Å². The van der Waals surface area contributed by atoms with E-state index in [0.29, 0.717) is 29.9 Å². The maximum atomic E-state index is 12.5. The minimum absolute atomic E-state index is 0.157. The van der Waals surface area contributed by atoms with Crippen LogP contribution in [0.2, 0.25) is 5.02 Å². The van der Waals surface area contributed by atoms with Crippen molar-refractivity contribution in [3.8, 4) is 5.75 Å². The van der Waals surface area contributed by atoms with Crippen molar-refractivity contribution in [3.05, 3.63) is 58.1 Å². The fraction of sp³-hybridized carbons (Fsp3) is 0.606. The zero-order valence-corrected chi connectivity index (χ0v) is 24.5. The first kappa shape index (κ1) is 27.9. The van der Waals surface area contributed by atoms with Crippen LogP contribution >= 0.6 is 11.6 Å². The number of esters is 1. The number of aliphatic hydroxyl groups is 1. The highest BCUT2D eigenvalue weighted by atomic mass is 35.5. The number of hydrogen-bond donors (Lipinski definition) is 1. The van der Waals surface area contributed by atoms with E-state index in [0.717, 1.165) is 87.3 Å². The summed E-state index contributed by atoms with van der Waals surface area (Å²) in [5.41, 5.74) is 4.01. The molecule has 2 saturated carbocycles. The molecule has 0 saturated heterocycles. The molecular weight excluding hydrogens is 526 g/mol. The average Bonchev–Trinajstić information content (AvgIpc) is 3.10. The molecule has 0 bridgehead atoms. The Kier molecular flexibility index (Phi) is 8.04. The van der Waals surface area contributed by atoms with Crippen molar-refractivity contribution in [1.82, 2.24) is 0 Å². The molecule has 0 aromatic heterocycles. The summed E-state index contributed by atoms with van der Waals surface area (Å²) in [5, 5.41) is 11.2. The Morgan fingerprint density at radius 3 is 2.77 bits per heavy atom. The molecule has 2 aromatic rings. The Labute approximate surface area is 242 Å². The van der Waals surface area contributed by atoms with Gasteiger partial charge in [-0.25, -0.2) is 4.79 Å². The van der Waals surface area contributed by atoms with Crippen molar-refractivity contribution >= 4 is 23.3 Å². The lowest BCUT2D eigenvalue weighted by Crippen LogP contribution is -2.51. The van der Waals surface area contributed by atoms with E-state index < -0.39 is 0 Å². The number of anilines is 1. The third-order valence-electron chi connectivity index (χ3n) is 10.2. The van der Waals surface area contributed by atoms with Gasteiger partial charge in [0, 0.05) is 30.6 Å². The number of fused-ring (bicyclic) bond motifs is 3. The first-order valence-corrected chi connectivity index (χ1v) is 15.4. The molecule has 2 fully saturated rings. The minimum Gasteiger partial charge on any atom is -0.490 e. The molecule has 216 valence electrons. The quantitative estimate of drug-likeness (QED) is 0.420. The smallest absolute Gasteiger partial charge is 0.337 e. The number of aliphatic hydroxyl groups excluding tert-OH is 1. The van der Waals surface area contributed by atoms with Gasteiger partial charge in [0.25, 0.3) is 0 Å². The Balaban J connectivity index is 1.33. The summed E-state index contributed by atoms with van der Waals surface area (Å²) in [6, 6.07) is 12.0. The second-order valence-corrected chi connectivity index (χ2v) is 13.0. The molecule has 3 aliphatic carbocycles. The maximum Gasteiger partial charge on any atom is 0.337 e. The first-order valence-electron chi connectivity index (χ1n) is 15.0. The number of methoxy groups -OCH3 is 2. The molecule has 1 heterocycles. The van der Waals surface area contributed by atoms with Crippen molar-refractivity contribution in [1.29, 1.82) is 0 Å². The van der Waals surface area contributed by atoms with Gasteiger partial charge in [-0.3, -0.25) is 0 Å². The average molecular weight is 568 g/mol. The lowest BCUT2D eigenvalue weighted by atomic mass is 9.65. The van der Waals surface area contributed by atoms with Crippen LogP contribution in [0.5, 0.6) is 5.75 Å². The molecule has 1 N–H and O–H groups in total. The van der Waals surface area contributed by atoms with Gasteiger partial charge in [-0.2, -0.15) is 0 Å². The molecule has 6 atom stereocenters. The lowest BCUT2D eigenvalue weighted by Gasteiger charge is -2.48. The fourth-order valence-corrected chi connectivity index (χ4v) is 8.31. The summed E-state index contributed by atoms with van der Waals surface area (Å²) in [7, 11) is 3.27. The van der Waals surface area contributed by atoms with E-state index in [1.165, 1.54) is 18.2 Å². The second-order valence-electron chi connectivity index (χ2n) is 12.6. The second kappa shape index (κ2) is 11.5. The lowest BCUT2D eigenvalue weighted by molar-refractivity contribution is -0.0721. The van der Waals surface area contributed by atoms with E-state index in [2.05, 4.69) is 17.0 Å². The number of hydrogen-bond acceptors (Lipinski definition) is 6. The number of carbonyl (C=O) groups excluding carboxylic acids is 1. The molecular formula is C33H42ClNO5. The number of ether oxygens (including phenoxy) is 3. The number of halogens is 1. The molecule has 1 spiro atoms. The van der Waals surface area contributed by atoms with Gasteiger partial charge < -0.3 is 24.2 Å². The van der Waals surface area contributed by atoms with Gasteiger partial charge in [-0.05, 0) is 111 Å². The van der Waals surface area contributed by atoms with Crippen LogP contribution in [-0.2, 0) is 21.3 Å². The minimum atomic E-state index is -0.337. The molecule has 1 aliphatic heterocycles. The maximum absolute atomic E-state index is 12.5. The molecule has 6 nitrogen and oxygen atoms in total. The van der Waals surface area contributed by atoms with Crippen molar-refractivity contribution in [2.75, 3.05) is 38.8 Å². The Hall–Kier alpha value is -2.28. The number of aryl methyl sites for hydroxylation is 1. The summed E-state index contributed by atoms with van der Waals surface area (Å²) in [4.78, 5) is 15.0. The van der Waals surface area contributed by atoms with Crippen LogP contribution in [0.3, 0.4) is 0 Å². The van der Waals surface area contributed by atoms with E-state index in [-0.39, 0.29) is 23.6 Å². The highest BCUT2D eigenvalue weighted by Crippen LogP contribution is 2.48. The highest BCUT2D eigenvalue weighted by molar-refractivity contribution is 6.30.